The molecule has 2 aromatic heterocycles. The summed E-state index contributed by atoms with van der Waals surface area (Å²) in [6.45, 7) is 3.65. The molecule has 7 nitrogen and oxygen atoms in total. The van der Waals surface area contributed by atoms with Crippen molar-refractivity contribution in [3.63, 3.8) is 0 Å². The minimum atomic E-state index is -1.01. The Morgan fingerprint density at radius 3 is 2.71 bits per heavy atom. The second-order valence-corrected chi connectivity index (χ2v) is 6.59. The number of nitrogens with zero attached hydrogens (tertiary/aromatic N) is 2. The topological polar surface area (TPSA) is 90.4 Å². The number of nitrogens with one attached hydrogen (secondary N) is 1. The maximum Gasteiger partial charge on any atom is 0.344 e. The number of amides is 1. The van der Waals surface area contributed by atoms with Gasteiger partial charge in [-0.3, -0.25) is 10.1 Å². The van der Waals surface area contributed by atoms with Crippen molar-refractivity contribution in [2.75, 3.05) is 11.9 Å². The van der Waals surface area contributed by atoms with E-state index in [-0.39, 0.29) is 11.4 Å². The van der Waals surface area contributed by atoms with Crippen molar-refractivity contribution in [1.29, 1.82) is 0 Å². The van der Waals surface area contributed by atoms with Crippen molar-refractivity contribution < 1.29 is 19.1 Å². The van der Waals surface area contributed by atoms with Gasteiger partial charge in [-0.1, -0.05) is 30.3 Å². The van der Waals surface area contributed by atoms with E-state index in [1.807, 2.05) is 35.7 Å². The molecular formula is C20H19N3O4S. The molecule has 8 heteroatoms. The minimum absolute atomic E-state index is 0.171. The number of carbonyl (C=O) groups is 2. The second-order valence-electron chi connectivity index (χ2n) is 5.73. The lowest BCUT2D eigenvalue weighted by Crippen LogP contribution is -2.30. The van der Waals surface area contributed by atoms with Crippen LogP contribution in [0.1, 0.15) is 24.2 Å². The predicted molar refractivity (Wildman–Crippen MR) is 106 cm³/mol. The van der Waals surface area contributed by atoms with Crippen LogP contribution in [0.2, 0.25) is 0 Å². The van der Waals surface area contributed by atoms with E-state index in [2.05, 4.69) is 15.3 Å². The third-order valence-electron chi connectivity index (χ3n) is 3.73. The molecule has 3 aromatic rings. The predicted octanol–water partition coefficient (Wildman–Crippen LogP) is 3.79. The molecule has 0 fully saturated rings. The molecule has 1 aromatic carbocycles. The Bertz CT molecular complexity index is 959. The molecule has 0 bridgehead atoms. The van der Waals surface area contributed by atoms with Crippen molar-refractivity contribution in [3.8, 4) is 17.1 Å². The lowest BCUT2D eigenvalue weighted by Gasteiger charge is -2.13. The summed E-state index contributed by atoms with van der Waals surface area (Å²) in [4.78, 5) is 33.1. The maximum atomic E-state index is 12.4. The van der Waals surface area contributed by atoms with Crippen LogP contribution < -0.4 is 10.1 Å². The fraction of sp³-hybridized carbons (Fsp3) is 0.200. The zero-order valence-corrected chi connectivity index (χ0v) is 16.2. The van der Waals surface area contributed by atoms with Gasteiger partial charge < -0.3 is 9.47 Å². The Morgan fingerprint density at radius 2 is 1.96 bits per heavy atom. The summed E-state index contributed by atoms with van der Waals surface area (Å²) in [6, 6.07) is 12.8. The van der Waals surface area contributed by atoms with Crippen LogP contribution in [-0.2, 0) is 9.53 Å². The first-order chi connectivity index (χ1) is 13.6. The van der Waals surface area contributed by atoms with E-state index in [0.29, 0.717) is 11.7 Å². The van der Waals surface area contributed by atoms with E-state index >= 15 is 0 Å². The molecule has 2 heterocycles. The highest BCUT2D eigenvalue weighted by Gasteiger charge is 2.22. The van der Waals surface area contributed by atoms with Crippen molar-refractivity contribution in [2.45, 2.75) is 20.0 Å². The standard InChI is InChI=1S/C20H19N3O4S/c1-3-26-18-15(10-7-11-21-18)19(25)27-13(2)17(24)23-20-22-16(12-28-20)14-8-5-4-6-9-14/h4-13H,3H2,1-2H3,(H,22,23,24). The zero-order chi connectivity index (χ0) is 19.9. The van der Waals surface area contributed by atoms with Crippen LogP contribution in [0.25, 0.3) is 11.3 Å². The summed E-state index contributed by atoms with van der Waals surface area (Å²) in [7, 11) is 0. The molecular weight excluding hydrogens is 378 g/mol. The van der Waals surface area contributed by atoms with Gasteiger partial charge in [-0.05, 0) is 26.0 Å². The first kappa shape index (κ1) is 19.5. The molecule has 0 saturated heterocycles. The highest BCUT2D eigenvalue weighted by atomic mass is 32.1. The molecule has 0 aliphatic rings. The number of ether oxygens (including phenoxy) is 2. The Balaban J connectivity index is 1.62. The van der Waals surface area contributed by atoms with Crippen LogP contribution in [0.5, 0.6) is 5.88 Å². The van der Waals surface area contributed by atoms with E-state index < -0.39 is 18.0 Å². The highest BCUT2D eigenvalue weighted by Crippen LogP contribution is 2.25. The lowest BCUT2D eigenvalue weighted by molar-refractivity contribution is -0.123. The van der Waals surface area contributed by atoms with Crippen molar-refractivity contribution in [2.24, 2.45) is 0 Å². The molecule has 1 unspecified atom stereocenters. The van der Waals surface area contributed by atoms with Crippen LogP contribution in [0.4, 0.5) is 5.13 Å². The summed E-state index contributed by atoms with van der Waals surface area (Å²) in [5.41, 5.74) is 1.89. The monoisotopic (exact) mass is 397 g/mol. The number of hydrogen-bond donors (Lipinski definition) is 1. The number of hydrogen-bond acceptors (Lipinski definition) is 7. The Morgan fingerprint density at radius 1 is 1.18 bits per heavy atom. The Kier molecular flexibility index (Phi) is 6.33. The number of pyridine rings is 1. The maximum absolute atomic E-state index is 12.4. The minimum Gasteiger partial charge on any atom is -0.477 e. The van der Waals surface area contributed by atoms with Gasteiger partial charge in [0, 0.05) is 17.1 Å². The first-order valence-electron chi connectivity index (χ1n) is 8.69. The Labute approximate surface area is 166 Å². The fourth-order valence-corrected chi connectivity index (χ4v) is 3.08. The number of benzene rings is 1. The zero-order valence-electron chi connectivity index (χ0n) is 15.4. The van der Waals surface area contributed by atoms with Gasteiger partial charge in [0.15, 0.2) is 11.2 Å². The lowest BCUT2D eigenvalue weighted by atomic mass is 10.2. The molecule has 1 atom stereocenters. The summed E-state index contributed by atoms with van der Waals surface area (Å²) in [5.74, 6) is -0.970. The van der Waals surface area contributed by atoms with Crippen LogP contribution in [0, 0.1) is 0 Å². The van der Waals surface area contributed by atoms with Crippen LogP contribution in [-0.4, -0.2) is 34.6 Å². The molecule has 1 N–H and O–H groups in total. The van der Waals surface area contributed by atoms with E-state index in [1.54, 1.807) is 13.0 Å². The largest absolute Gasteiger partial charge is 0.477 e. The highest BCUT2D eigenvalue weighted by molar-refractivity contribution is 7.14. The van der Waals surface area contributed by atoms with E-state index in [0.717, 1.165) is 11.3 Å². The van der Waals surface area contributed by atoms with Gasteiger partial charge in [-0.25, -0.2) is 14.8 Å². The normalized spacial score (nSPS) is 11.5. The fourth-order valence-electron chi connectivity index (χ4n) is 2.36. The van der Waals surface area contributed by atoms with Gasteiger partial charge in [0.05, 0.1) is 12.3 Å². The molecule has 144 valence electrons. The van der Waals surface area contributed by atoms with Crippen molar-refractivity contribution >= 4 is 28.3 Å². The summed E-state index contributed by atoms with van der Waals surface area (Å²) < 4.78 is 10.6. The molecule has 28 heavy (non-hydrogen) atoms. The molecule has 1 amide bonds. The van der Waals surface area contributed by atoms with Crippen LogP contribution >= 0.6 is 11.3 Å². The number of anilines is 1. The van der Waals surface area contributed by atoms with E-state index in [9.17, 15) is 9.59 Å². The summed E-state index contributed by atoms with van der Waals surface area (Å²) in [6.07, 6.45) is 0.510. The van der Waals surface area contributed by atoms with Gasteiger partial charge in [0.2, 0.25) is 5.88 Å². The Hall–Kier alpha value is -3.26. The van der Waals surface area contributed by atoms with Gasteiger partial charge >= 0.3 is 5.97 Å². The van der Waals surface area contributed by atoms with E-state index in [4.69, 9.17) is 9.47 Å². The average molecular weight is 397 g/mol. The summed E-state index contributed by atoms with van der Waals surface area (Å²) >= 11 is 1.30. The van der Waals surface area contributed by atoms with Crippen molar-refractivity contribution in [1.82, 2.24) is 9.97 Å². The number of thiazole rings is 1. The molecule has 0 aliphatic heterocycles. The average Bonchev–Trinajstić information content (AvgIpc) is 3.17. The third-order valence-corrected chi connectivity index (χ3v) is 4.49. The smallest absolute Gasteiger partial charge is 0.344 e. The van der Waals surface area contributed by atoms with Crippen LogP contribution in [0.3, 0.4) is 0 Å². The first-order valence-corrected chi connectivity index (χ1v) is 9.57. The second kappa shape index (κ2) is 9.09. The van der Waals surface area contributed by atoms with Gasteiger partial charge in [0.25, 0.3) is 5.91 Å². The van der Waals surface area contributed by atoms with Gasteiger partial charge in [-0.2, -0.15) is 0 Å². The number of aromatic nitrogens is 2. The third kappa shape index (κ3) is 4.72. The molecule has 0 saturated carbocycles. The SMILES string of the molecule is CCOc1ncccc1C(=O)OC(C)C(=O)Nc1nc(-c2ccccc2)cs1. The van der Waals surface area contributed by atoms with Crippen molar-refractivity contribution in [3.05, 3.63) is 59.6 Å². The van der Waals surface area contributed by atoms with Gasteiger partial charge in [0.1, 0.15) is 5.56 Å². The number of rotatable bonds is 7. The quantitative estimate of drug-likeness (QED) is 0.610. The number of carbonyl (C=O) groups excluding carboxylic acids is 2. The molecule has 0 radical (unpaired) electrons. The molecule has 0 spiro atoms. The van der Waals surface area contributed by atoms with Crippen LogP contribution in [0.15, 0.2) is 54.0 Å². The van der Waals surface area contributed by atoms with Gasteiger partial charge in [-0.15, -0.1) is 11.3 Å². The molecule has 3 rings (SSSR count). The molecule has 0 aliphatic carbocycles. The summed E-state index contributed by atoms with van der Waals surface area (Å²) in [5, 5.41) is 4.96. The number of esters is 1. The van der Waals surface area contributed by atoms with E-state index in [1.165, 1.54) is 30.5 Å².